The van der Waals surface area contributed by atoms with E-state index in [0.29, 0.717) is 32.8 Å². The van der Waals surface area contributed by atoms with Crippen molar-refractivity contribution in [2.75, 3.05) is 39.4 Å². The Morgan fingerprint density at radius 1 is 1.29 bits per heavy atom. The quantitative estimate of drug-likeness (QED) is 0.681. The topological polar surface area (TPSA) is 84.7 Å². The maximum absolute atomic E-state index is 12.2. The predicted molar refractivity (Wildman–Crippen MR) is 92.3 cm³/mol. The summed E-state index contributed by atoms with van der Waals surface area (Å²) in [6.07, 6.45) is 2.45. The van der Waals surface area contributed by atoms with Crippen molar-refractivity contribution in [3.8, 4) is 0 Å². The highest BCUT2D eigenvalue weighted by atomic mass is 16.5. The second-order valence-corrected chi connectivity index (χ2v) is 6.05. The second kappa shape index (κ2) is 10.1. The molecule has 1 aliphatic heterocycles. The van der Waals surface area contributed by atoms with E-state index < -0.39 is 0 Å². The van der Waals surface area contributed by atoms with Gasteiger partial charge in [0.25, 0.3) is 0 Å². The predicted octanol–water partition coefficient (Wildman–Crippen LogP) is 0.559. The monoisotopic (exact) mass is 333 g/mol. The highest BCUT2D eigenvalue weighted by molar-refractivity contribution is 5.81. The molecule has 0 aromatic heterocycles. The van der Waals surface area contributed by atoms with Crippen molar-refractivity contribution in [3.63, 3.8) is 0 Å². The van der Waals surface area contributed by atoms with Crippen molar-refractivity contribution in [3.05, 3.63) is 35.9 Å². The summed E-state index contributed by atoms with van der Waals surface area (Å²) in [4.78, 5) is 26.0. The van der Waals surface area contributed by atoms with Crippen LogP contribution in [0.3, 0.4) is 0 Å². The summed E-state index contributed by atoms with van der Waals surface area (Å²) in [7, 11) is 0. The number of nitrogens with zero attached hydrogens (tertiary/aromatic N) is 1. The van der Waals surface area contributed by atoms with Crippen LogP contribution >= 0.6 is 0 Å². The first-order valence-corrected chi connectivity index (χ1v) is 8.58. The van der Waals surface area contributed by atoms with Crippen molar-refractivity contribution >= 4 is 11.8 Å². The highest BCUT2D eigenvalue weighted by Crippen LogP contribution is 2.16. The maximum atomic E-state index is 12.2. The van der Waals surface area contributed by atoms with E-state index in [-0.39, 0.29) is 24.3 Å². The van der Waals surface area contributed by atoms with Crippen LogP contribution in [0.25, 0.3) is 0 Å². The van der Waals surface area contributed by atoms with Gasteiger partial charge in [-0.05, 0) is 24.8 Å². The first-order valence-electron chi connectivity index (χ1n) is 8.58. The minimum absolute atomic E-state index is 0.0112. The van der Waals surface area contributed by atoms with Gasteiger partial charge >= 0.3 is 0 Å². The Balaban J connectivity index is 1.68. The third-order valence-corrected chi connectivity index (χ3v) is 4.19. The summed E-state index contributed by atoms with van der Waals surface area (Å²) in [6, 6.07) is 10.0. The summed E-state index contributed by atoms with van der Waals surface area (Å²) < 4.78 is 5.50. The Hall–Kier alpha value is -1.92. The highest BCUT2D eigenvalue weighted by Gasteiger charge is 2.28. The number of nitrogens with two attached hydrogens (primary N) is 1. The molecule has 24 heavy (non-hydrogen) atoms. The maximum Gasteiger partial charge on any atom is 0.248 e. The molecule has 1 aliphatic rings. The summed E-state index contributed by atoms with van der Waals surface area (Å²) in [5.74, 6) is -0.194. The first-order chi connectivity index (χ1) is 11.7. The summed E-state index contributed by atoms with van der Waals surface area (Å²) in [5.41, 5.74) is 6.59. The van der Waals surface area contributed by atoms with Crippen LogP contribution in [0.15, 0.2) is 30.3 Å². The molecule has 1 heterocycles. The first kappa shape index (κ1) is 18.4. The Labute approximate surface area is 143 Å². The van der Waals surface area contributed by atoms with E-state index in [0.717, 1.165) is 19.3 Å². The molecule has 0 bridgehead atoms. The van der Waals surface area contributed by atoms with Gasteiger partial charge in [-0.3, -0.25) is 9.59 Å². The molecule has 6 nitrogen and oxygen atoms in total. The third kappa shape index (κ3) is 5.94. The van der Waals surface area contributed by atoms with E-state index in [1.54, 1.807) is 4.90 Å². The zero-order valence-electron chi connectivity index (χ0n) is 14.1. The molecule has 3 N–H and O–H groups in total. The Morgan fingerprint density at radius 3 is 2.83 bits per heavy atom. The van der Waals surface area contributed by atoms with E-state index in [4.69, 9.17) is 10.5 Å². The lowest BCUT2D eigenvalue weighted by molar-refractivity contribution is -0.139. The van der Waals surface area contributed by atoms with Crippen molar-refractivity contribution in [1.82, 2.24) is 10.2 Å². The molecule has 1 saturated heterocycles. The SMILES string of the molecule is NCCNC(=O)C1CCCN(C(=O)COCCc2ccccc2)C1. The number of carbonyl (C=O) groups excluding carboxylic acids is 2. The number of piperidine rings is 1. The largest absolute Gasteiger partial charge is 0.371 e. The molecule has 0 radical (unpaired) electrons. The molecule has 132 valence electrons. The minimum Gasteiger partial charge on any atom is -0.371 e. The van der Waals surface area contributed by atoms with Gasteiger partial charge in [0.05, 0.1) is 12.5 Å². The lowest BCUT2D eigenvalue weighted by atomic mass is 9.97. The van der Waals surface area contributed by atoms with E-state index in [2.05, 4.69) is 5.32 Å². The van der Waals surface area contributed by atoms with Gasteiger partial charge in [0.15, 0.2) is 0 Å². The average Bonchev–Trinajstić information content (AvgIpc) is 2.64. The molecule has 1 unspecified atom stereocenters. The van der Waals surface area contributed by atoms with Crippen LogP contribution in [-0.4, -0.2) is 56.1 Å². The Morgan fingerprint density at radius 2 is 2.08 bits per heavy atom. The smallest absolute Gasteiger partial charge is 0.248 e. The summed E-state index contributed by atoms with van der Waals surface area (Å²) >= 11 is 0. The fourth-order valence-electron chi connectivity index (χ4n) is 2.84. The molecule has 1 atom stereocenters. The van der Waals surface area contributed by atoms with E-state index in [1.807, 2.05) is 30.3 Å². The number of carbonyl (C=O) groups is 2. The molecule has 1 aromatic rings. The Kier molecular flexibility index (Phi) is 7.71. The zero-order valence-corrected chi connectivity index (χ0v) is 14.1. The lowest BCUT2D eigenvalue weighted by Crippen LogP contribution is -2.47. The molecule has 6 heteroatoms. The standard InChI is InChI=1S/C18H27N3O3/c19-9-10-20-18(23)16-7-4-11-21(13-16)17(22)14-24-12-8-15-5-2-1-3-6-15/h1-3,5-6,16H,4,7-14,19H2,(H,20,23). The number of likely N-dealkylation sites (tertiary alicyclic amines) is 1. The van der Waals surface area contributed by atoms with Gasteiger partial charge in [-0.2, -0.15) is 0 Å². The normalized spacial score (nSPS) is 17.5. The number of nitrogens with one attached hydrogen (secondary N) is 1. The van der Waals surface area contributed by atoms with Crippen molar-refractivity contribution in [2.45, 2.75) is 19.3 Å². The van der Waals surface area contributed by atoms with Gasteiger partial charge < -0.3 is 20.7 Å². The van der Waals surface area contributed by atoms with Gasteiger partial charge in [-0.1, -0.05) is 30.3 Å². The number of hydrogen-bond acceptors (Lipinski definition) is 4. The van der Waals surface area contributed by atoms with Crippen LogP contribution in [0.5, 0.6) is 0 Å². The van der Waals surface area contributed by atoms with Crippen molar-refractivity contribution in [1.29, 1.82) is 0 Å². The van der Waals surface area contributed by atoms with Crippen LogP contribution in [0.2, 0.25) is 0 Å². The van der Waals surface area contributed by atoms with Gasteiger partial charge in [-0.25, -0.2) is 0 Å². The lowest BCUT2D eigenvalue weighted by Gasteiger charge is -2.32. The van der Waals surface area contributed by atoms with Crippen LogP contribution in [0.4, 0.5) is 0 Å². The summed E-state index contributed by atoms with van der Waals surface area (Å²) in [6.45, 7) is 2.66. The number of benzene rings is 1. The minimum atomic E-state index is -0.140. The van der Waals surface area contributed by atoms with E-state index >= 15 is 0 Å². The van der Waals surface area contributed by atoms with Gasteiger partial charge in [0, 0.05) is 26.2 Å². The fourth-order valence-corrected chi connectivity index (χ4v) is 2.84. The van der Waals surface area contributed by atoms with Crippen LogP contribution in [0.1, 0.15) is 18.4 Å². The number of hydrogen-bond donors (Lipinski definition) is 2. The number of amides is 2. The zero-order chi connectivity index (χ0) is 17.2. The molecular weight excluding hydrogens is 306 g/mol. The molecule has 1 aromatic carbocycles. The Bertz CT molecular complexity index is 522. The molecule has 2 rings (SSSR count). The second-order valence-electron chi connectivity index (χ2n) is 6.05. The molecule has 1 fully saturated rings. The molecule has 2 amide bonds. The fraction of sp³-hybridized carbons (Fsp3) is 0.556. The average molecular weight is 333 g/mol. The van der Waals surface area contributed by atoms with Crippen LogP contribution < -0.4 is 11.1 Å². The van der Waals surface area contributed by atoms with Gasteiger partial charge in [-0.15, -0.1) is 0 Å². The molecular formula is C18H27N3O3. The van der Waals surface area contributed by atoms with Crippen molar-refractivity contribution < 1.29 is 14.3 Å². The van der Waals surface area contributed by atoms with Crippen LogP contribution in [0, 0.1) is 5.92 Å². The van der Waals surface area contributed by atoms with Crippen molar-refractivity contribution in [2.24, 2.45) is 11.7 Å². The third-order valence-electron chi connectivity index (χ3n) is 4.19. The van der Waals surface area contributed by atoms with E-state index in [1.165, 1.54) is 5.56 Å². The van der Waals surface area contributed by atoms with Crippen LogP contribution in [-0.2, 0) is 20.7 Å². The van der Waals surface area contributed by atoms with Gasteiger partial charge in [0.1, 0.15) is 6.61 Å². The van der Waals surface area contributed by atoms with E-state index in [9.17, 15) is 9.59 Å². The molecule has 0 saturated carbocycles. The number of rotatable bonds is 8. The molecule has 0 spiro atoms. The summed E-state index contributed by atoms with van der Waals surface area (Å²) in [5, 5.41) is 2.80. The van der Waals surface area contributed by atoms with Gasteiger partial charge in [0.2, 0.25) is 11.8 Å². The number of ether oxygens (including phenoxy) is 1. The molecule has 0 aliphatic carbocycles.